The minimum atomic E-state index is -0.509. The molecule has 8 heteroatoms. The fourth-order valence-corrected chi connectivity index (χ4v) is 3.97. The van der Waals surface area contributed by atoms with E-state index in [2.05, 4.69) is 22.2 Å². The van der Waals surface area contributed by atoms with E-state index in [1.54, 1.807) is 7.11 Å². The lowest BCUT2D eigenvalue weighted by Gasteiger charge is -2.45. The highest BCUT2D eigenvalue weighted by molar-refractivity contribution is 6.06. The second kappa shape index (κ2) is 8.50. The molecule has 0 unspecified atom stereocenters. The average molecular weight is 387 g/mol. The van der Waals surface area contributed by atoms with Gasteiger partial charge in [0.15, 0.2) is 0 Å². The van der Waals surface area contributed by atoms with E-state index in [1.165, 1.54) is 6.42 Å². The number of benzene rings is 1. The molecule has 28 heavy (non-hydrogen) atoms. The van der Waals surface area contributed by atoms with Gasteiger partial charge in [-0.25, -0.2) is 4.99 Å². The van der Waals surface area contributed by atoms with Gasteiger partial charge < -0.3 is 21.5 Å². The first-order chi connectivity index (χ1) is 13.5. The van der Waals surface area contributed by atoms with Crippen LogP contribution in [-0.4, -0.2) is 30.6 Å². The van der Waals surface area contributed by atoms with Gasteiger partial charge >= 0.3 is 0 Å². The third-order valence-electron chi connectivity index (χ3n) is 5.33. The van der Waals surface area contributed by atoms with Crippen molar-refractivity contribution in [3.05, 3.63) is 18.2 Å². The molecule has 3 rings (SSSR count). The molecule has 0 aromatic heterocycles. The summed E-state index contributed by atoms with van der Waals surface area (Å²) in [5.74, 6) is 1.11. The van der Waals surface area contributed by atoms with Crippen molar-refractivity contribution >= 4 is 29.2 Å². The molecule has 1 fully saturated rings. The number of hydrogen-bond donors (Lipinski definition) is 3. The number of ether oxygens (including phenoxy) is 1. The Morgan fingerprint density at radius 3 is 2.71 bits per heavy atom. The zero-order valence-electron chi connectivity index (χ0n) is 16.7. The van der Waals surface area contributed by atoms with Gasteiger partial charge in [-0.05, 0) is 44.2 Å². The number of nitrogens with two attached hydrogens (primary N) is 2. The fourth-order valence-electron chi connectivity index (χ4n) is 3.97. The molecule has 1 heterocycles. The number of guanidine groups is 2. The van der Waals surface area contributed by atoms with Gasteiger partial charge in [0.05, 0.1) is 18.5 Å². The summed E-state index contributed by atoms with van der Waals surface area (Å²) in [5, 5.41) is 2.92. The molecular weight excluding hydrogens is 356 g/mol. The Morgan fingerprint density at radius 1 is 1.29 bits per heavy atom. The minimum Gasteiger partial charge on any atom is -0.494 e. The molecule has 5 N–H and O–H groups in total. The molecule has 0 saturated heterocycles. The van der Waals surface area contributed by atoms with Crippen molar-refractivity contribution in [1.29, 1.82) is 0 Å². The van der Waals surface area contributed by atoms with Crippen molar-refractivity contribution in [2.75, 3.05) is 17.3 Å². The van der Waals surface area contributed by atoms with E-state index >= 15 is 0 Å². The van der Waals surface area contributed by atoms with Gasteiger partial charge in [-0.3, -0.25) is 9.69 Å². The number of hydrogen-bond acceptors (Lipinski definition) is 7. The molecule has 1 spiro atoms. The van der Waals surface area contributed by atoms with Gasteiger partial charge in [-0.1, -0.05) is 19.8 Å². The average Bonchev–Trinajstić information content (AvgIpc) is 2.67. The van der Waals surface area contributed by atoms with Crippen LogP contribution >= 0.6 is 0 Å². The topological polar surface area (TPSA) is 118 Å². The van der Waals surface area contributed by atoms with Gasteiger partial charge in [0.1, 0.15) is 11.4 Å². The Labute approximate surface area is 166 Å². The van der Waals surface area contributed by atoms with Gasteiger partial charge in [-0.2, -0.15) is 4.99 Å². The van der Waals surface area contributed by atoms with E-state index in [0.29, 0.717) is 23.8 Å². The Morgan fingerprint density at radius 2 is 2.04 bits per heavy atom. The van der Waals surface area contributed by atoms with Crippen molar-refractivity contribution < 1.29 is 9.53 Å². The molecule has 8 nitrogen and oxygen atoms in total. The molecule has 1 aromatic rings. The molecule has 1 saturated carbocycles. The summed E-state index contributed by atoms with van der Waals surface area (Å²) < 4.78 is 5.53. The maximum atomic E-state index is 12.1. The van der Waals surface area contributed by atoms with Crippen LogP contribution in [0.15, 0.2) is 28.2 Å². The van der Waals surface area contributed by atoms with Crippen LogP contribution in [0.2, 0.25) is 0 Å². The molecule has 0 radical (unpaired) electrons. The van der Waals surface area contributed by atoms with Crippen molar-refractivity contribution in [2.24, 2.45) is 21.5 Å². The summed E-state index contributed by atoms with van der Waals surface area (Å²) in [7, 11) is 1.58. The molecule has 0 atom stereocenters. The van der Waals surface area contributed by atoms with Gasteiger partial charge in [0.25, 0.3) is 0 Å². The highest BCUT2D eigenvalue weighted by Crippen LogP contribution is 2.41. The number of carbonyl (C=O) groups is 1. The number of unbranched alkanes of at least 4 members (excludes halogenated alkanes) is 1. The summed E-state index contributed by atoms with van der Waals surface area (Å²) in [4.78, 5) is 22.9. The van der Waals surface area contributed by atoms with Crippen LogP contribution in [0.5, 0.6) is 5.75 Å². The summed E-state index contributed by atoms with van der Waals surface area (Å²) in [6.45, 7) is 2.06. The zero-order chi connectivity index (χ0) is 20.1. The number of amides is 1. The van der Waals surface area contributed by atoms with E-state index in [-0.39, 0.29) is 11.9 Å². The second-order valence-electron chi connectivity index (χ2n) is 7.35. The lowest BCUT2D eigenvalue weighted by Crippen LogP contribution is -2.58. The van der Waals surface area contributed by atoms with Crippen molar-refractivity contribution in [2.45, 2.75) is 64.0 Å². The Bertz CT molecular complexity index is 783. The number of carbonyl (C=O) groups excluding carboxylic acids is 1. The molecule has 1 aliphatic heterocycles. The van der Waals surface area contributed by atoms with Crippen LogP contribution in [0.4, 0.5) is 11.4 Å². The fraction of sp³-hybridized carbons (Fsp3) is 0.550. The Hall–Kier alpha value is -2.77. The van der Waals surface area contributed by atoms with Crippen LogP contribution in [0.25, 0.3) is 0 Å². The zero-order valence-corrected chi connectivity index (χ0v) is 16.7. The maximum absolute atomic E-state index is 12.1. The van der Waals surface area contributed by atoms with E-state index < -0.39 is 5.66 Å². The maximum Gasteiger partial charge on any atom is 0.224 e. The van der Waals surface area contributed by atoms with Crippen molar-refractivity contribution in [3.63, 3.8) is 0 Å². The summed E-state index contributed by atoms with van der Waals surface area (Å²) in [5.41, 5.74) is 13.2. The molecule has 1 aliphatic carbocycles. The van der Waals surface area contributed by atoms with Crippen LogP contribution in [0.1, 0.15) is 58.3 Å². The second-order valence-corrected chi connectivity index (χ2v) is 7.35. The molecule has 1 aromatic carbocycles. The lowest BCUT2D eigenvalue weighted by molar-refractivity contribution is -0.116. The van der Waals surface area contributed by atoms with Gasteiger partial charge in [0, 0.05) is 12.5 Å². The smallest absolute Gasteiger partial charge is 0.224 e. The first-order valence-electron chi connectivity index (χ1n) is 9.96. The number of anilines is 2. The quantitative estimate of drug-likeness (QED) is 0.694. The first kappa shape index (κ1) is 20.0. The number of methoxy groups -OCH3 is 1. The van der Waals surface area contributed by atoms with Crippen molar-refractivity contribution in [1.82, 2.24) is 0 Å². The number of rotatable bonds is 6. The van der Waals surface area contributed by atoms with E-state index in [4.69, 9.17) is 16.2 Å². The van der Waals surface area contributed by atoms with Crippen LogP contribution in [0, 0.1) is 0 Å². The van der Waals surface area contributed by atoms with Crippen LogP contribution < -0.4 is 26.4 Å². The van der Waals surface area contributed by atoms with Crippen LogP contribution in [0.3, 0.4) is 0 Å². The predicted molar refractivity (Wildman–Crippen MR) is 113 cm³/mol. The number of nitrogens with zero attached hydrogens (tertiary/aromatic N) is 3. The highest BCUT2D eigenvalue weighted by atomic mass is 16.5. The monoisotopic (exact) mass is 386 g/mol. The predicted octanol–water partition coefficient (Wildman–Crippen LogP) is 2.93. The van der Waals surface area contributed by atoms with Gasteiger partial charge in [0.2, 0.25) is 17.8 Å². The van der Waals surface area contributed by atoms with Gasteiger partial charge in [-0.15, -0.1) is 0 Å². The summed E-state index contributed by atoms with van der Waals surface area (Å²) in [6.07, 6.45) is 7.34. The molecule has 1 amide bonds. The first-order valence-corrected chi connectivity index (χ1v) is 9.96. The van der Waals surface area contributed by atoms with Crippen LogP contribution in [-0.2, 0) is 4.79 Å². The molecule has 0 bridgehead atoms. The minimum absolute atomic E-state index is 0.0203. The largest absolute Gasteiger partial charge is 0.494 e. The SMILES string of the molecule is CCCCC(=O)Nc1ccc(N2C(N)=NC(N)=NC23CCCCC3)cc1OC. The standard InChI is InChI=1S/C20H30N6O2/c1-3-4-8-17(27)23-15-10-9-14(13-16(15)28-2)26-19(22)24-18(21)25-20(26)11-6-5-7-12-20/h9-10,13H,3-8,11-12H2,1-2H3,(H,23,27)(H4,21,22,24,25). The number of aliphatic imine (C=N–C) groups is 2. The summed E-state index contributed by atoms with van der Waals surface area (Å²) in [6, 6.07) is 5.61. The molecule has 2 aliphatic rings. The highest BCUT2D eigenvalue weighted by Gasteiger charge is 2.42. The Kier molecular flexibility index (Phi) is 6.06. The third-order valence-corrected chi connectivity index (χ3v) is 5.33. The lowest BCUT2D eigenvalue weighted by atomic mass is 9.87. The van der Waals surface area contributed by atoms with E-state index in [9.17, 15) is 4.79 Å². The molecular formula is C20H30N6O2. The molecule has 152 valence electrons. The normalized spacial score (nSPS) is 18.4. The number of nitrogens with one attached hydrogen (secondary N) is 1. The van der Waals surface area contributed by atoms with Crippen molar-refractivity contribution in [3.8, 4) is 5.75 Å². The van der Waals surface area contributed by atoms with E-state index in [1.807, 2.05) is 23.1 Å². The third kappa shape index (κ3) is 4.05. The van der Waals surface area contributed by atoms with E-state index in [0.717, 1.165) is 44.2 Å². The Balaban J connectivity index is 1.91. The summed E-state index contributed by atoms with van der Waals surface area (Å²) >= 11 is 0.